The van der Waals surface area contributed by atoms with Crippen molar-refractivity contribution in [3.63, 3.8) is 0 Å². The van der Waals surface area contributed by atoms with Crippen LogP contribution in [0.1, 0.15) is 29.2 Å². The van der Waals surface area contributed by atoms with Gasteiger partial charge in [-0.05, 0) is 37.1 Å². The molecule has 1 N–H and O–H groups in total. The number of halogens is 1. The Bertz CT molecular complexity index is 895. The summed E-state index contributed by atoms with van der Waals surface area (Å²) >= 11 is 7.67. The first-order valence-corrected chi connectivity index (χ1v) is 9.21. The van der Waals surface area contributed by atoms with Gasteiger partial charge in [0.2, 0.25) is 0 Å². The minimum absolute atomic E-state index is 0.160. The zero-order valence-electron chi connectivity index (χ0n) is 14.6. The number of fused-ring (bicyclic) bond motifs is 1. The Kier molecular flexibility index (Phi) is 5.01. The summed E-state index contributed by atoms with van der Waals surface area (Å²) in [7, 11) is 1.88. The smallest absolute Gasteiger partial charge is 0.265 e. The van der Waals surface area contributed by atoms with Crippen LogP contribution in [0.5, 0.6) is 5.75 Å². The third-order valence-electron chi connectivity index (χ3n) is 3.68. The first kappa shape index (κ1) is 17.8. The molecule has 0 radical (unpaired) electrons. The number of thiophene rings is 1. The second-order valence-electron chi connectivity index (χ2n) is 6.34. The van der Waals surface area contributed by atoms with E-state index in [4.69, 9.17) is 16.3 Å². The van der Waals surface area contributed by atoms with Gasteiger partial charge in [-0.3, -0.25) is 9.48 Å². The summed E-state index contributed by atoms with van der Waals surface area (Å²) in [6.45, 7) is 6.68. The van der Waals surface area contributed by atoms with Gasteiger partial charge in [0.1, 0.15) is 10.6 Å². The minimum Gasteiger partial charge on any atom is -0.492 e. The van der Waals surface area contributed by atoms with E-state index in [1.54, 1.807) is 22.9 Å². The summed E-state index contributed by atoms with van der Waals surface area (Å²) in [6.07, 6.45) is 0. The molecule has 2 aromatic heterocycles. The van der Waals surface area contributed by atoms with E-state index in [0.29, 0.717) is 33.9 Å². The molecule has 0 unspecified atom stereocenters. The Morgan fingerprint density at radius 1 is 1.40 bits per heavy atom. The number of hydrogen-bond acceptors (Lipinski definition) is 4. The van der Waals surface area contributed by atoms with Gasteiger partial charge in [-0.2, -0.15) is 5.10 Å². The fraction of sp³-hybridized carbons (Fsp3) is 0.333. The molecule has 0 aliphatic heterocycles. The van der Waals surface area contributed by atoms with Crippen LogP contribution in [0, 0.1) is 12.8 Å². The van der Waals surface area contributed by atoms with Crippen molar-refractivity contribution in [2.75, 3.05) is 11.9 Å². The quantitative estimate of drug-likeness (QED) is 0.689. The lowest BCUT2D eigenvalue weighted by molar-refractivity contribution is 0.103. The van der Waals surface area contributed by atoms with E-state index >= 15 is 0 Å². The van der Waals surface area contributed by atoms with Gasteiger partial charge in [-0.15, -0.1) is 11.3 Å². The maximum Gasteiger partial charge on any atom is 0.265 e. The van der Waals surface area contributed by atoms with Crippen LogP contribution in [0.15, 0.2) is 24.3 Å². The average Bonchev–Trinajstić information content (AvgIpc) is 3.09. The van der Waals surface area contributed by atoms with Crippen molar-refractivity contribution in [3.8, 4) is 5.75 Å². The van der Waals surface area contributed by atoms with Crippen LogP contribution >= 0.6 is 22.9 Å². The summed E-state index contributed by atoms with van der Waals surface area (Å²) in [5, 5.41) is 8.72. The zero-order chi connectivity index (χ0) is 18.1. The third-order valence-corrected chi connectivity index (χ3v) is 5.18. The van der Waals surface area contributed by atoms with Gasteiger partial charge in [0.05, 0.1) is 22.2 Å². The largest absolute Gasteiger partial charge is 0.492 e. The number of hydrogen-bond donors (Lipinski definition) is 1. The van der Waals surface area contributed by atoms with Crippen LogP contribution < -0.4 is 10.1 Å². The number of benzene rings is 1. The number of aryl methyl sites for hydroxylation is 2. The molecule has 7 heteroatoms. The van der Waals surface area contributed by atoms with Crippen LogP contribution in [-0.2, 0) is 7.05 Å². The predicted molar refractivity (Wildman–Crippen MR) is 103 cm³/mol. The summed E-state index contributed by atoms with van der Waals surface area (Å²) in [6, 6.07) is 7.15. The fourth-order valence-corrected chi connectivity index (χ4v) is 3.72. The van der Waals surface area contributed by atoms with Crippen LogP contribution in [-0.4, -0.2) is 22.3 Å². The standard InChI is InChI=1S/C18H20ClN3O2S/c1-10(2)9-24-15-6-5-12(7-14(15)19)20-17(23)16-8-13-11(3)21-22(4)18(13)25-16/h5-8,10H,9H2,1-4H3,(H,20,23). The normalized spacial score (nSPS) is 11.3. The monoisotopic (exact) mass is 377 g/mol. The van der Waals surface area contributed by atoms with Crippen molar-refractivity contribution in [2.45, 2.75) is 20.8 Å². The number of rotatable bonds is 5. The summed E-state index contributed by atoms with van der Waals surface area (Å²) in [5.74, 6) is 0.880. The van der Waals surface area contributed by atoms with E-state index in [-0.39, 0.29) is 5.91 Å². The van der Waals surface area contributed by atoms with E-state index < -0.39 is 0 Å². The Hall–Kier alpha value is -2.05. The van der Waals surface area contributed by atoms with E-state index in [2.05, 4.69) is 24.3 Å². The Morgan fingerprint density at radius 3 is 2.80 bits per heavy atom. The third kappa shape index (κ3) is 3.80. The van der Waals surface area contributed by atoms with Crippen molar-refractivity contribution in [2.24, 2.45) is 13.0 Å². The van der Waals surface area contributed by atoms with Crippen LogP contribution in [0.3, 0.4) is 0 Å². The first-order valence-electron chi connectivity index (χ1n) is 8.02. The second-order valence-corrected chi connectivity index (χ2v) is 7.78. The molecule has 0 saturated heterocycles. The molecule has 5 nitrogen and oxygen atoms in total. The summed E-state index contributed by atoms with van der Waals surface area (Å²) in [5.41, 5.74) is 1.56. The van der Waals surface area contributed by atoms with Crippen LogP contribution in [0.4, 0.5) is 5.69 Å². The van der Waals surface area contributed by atoms with Gasteiger partial charge in [0, 0.05) is 18.1 Å². The molecule has 2 heterocycles. The SMILES string of the molecule is Cc1nn(C)c2sc(C(=O)Nc3ccc(OCC(C)C)c(Cl)c3)cc12. The highest BCUT2D eigenvalue weighted by atomic mass is 35.5. The maximum atomic E-state index is 12.5. The zero-order valence-corrected chi connectivity index (χ0v) is 16.2. The Morgan fingerprint density at radius 2 is 2.16 bits per heavy atom. The lowest BCUT2D eigenvalue weighted by Crippen LogP contribution is -2.10. The van der Waals surface area contributed by atoms with Crippen molar-refractivity contribution < 1.29 is 9.53 Å². The van der Waals surface area contributed by atoms with Crippen molar-refractivity contribution in [1.82, 2.24) is 9.78 Å². The second kappa shape index (κ2) is 7.06. The van der Waals surface area contributed by atoms with E-state index in [1.807, 2.05) is 20.0 Å². The highest BCUT2D eigenvalue weighted by molar-refractivity contribution is 7.20. The molecule has 0 spiro atoms. The van der Waals surface area contributed by atoms with Gasteiger partial charge in [-0.25, -0.2) is 0 Å². The molecule has 132 valence electrons. The van der Waals surface area contributed by atoms with Crippen molar-refractivity contribution >= 4 is 44.7 Å². The lowest BCUT2D eigenvalue weighted by Gasteiger charge is -2.11. The number of carbonyl (C=O) groups is 1. The van der Waals surface area contributed by atoms with Gasteiger partial charge in [0.25, 0.3) is 5.91 Å². The highest BCUT2D eigenvalue weighted by Gasteiger charge is 2.15. The molecular weight excluding hydrogens is 358 g/mol. The number of nitrogens with zero attached hydrogens (tertiary/aromatic N) is 2. The van der Waals surface area contributed by atoms with Gasteiger partial charge in [0.15, 0.2) is 0 Å². The van der Waals surface area contributed by atoms with Gasteiger partial charge in [-0.1, -0.05) is 25.4 Å². The molecule has 1 amide bonds. The molecule has 3 rings (SSSR count). The van der Waals surface area contributed by atoms with E-state index in [0.717, 1.165) is 15.9 Å². The molecule has 0 fully saturated rings. The molecule has 0 aliphatic rings. The molecule has 1 aromatic carbocycles. The van der Waals surface area contributed by atoms with Crippen LogP contribution in [0.2, 0.25) is 5.02 Å². The lowest BCUT2D eigenvalue weighted by atomic mass is 10.2. The number of nitrogens with one attached hydrogen (secondary N) is 1. The fourth-order valence-electron chi connectivity index (χ4n) is 2.46. The number of ether oxygens (including phenoxy) is 1. The first-order chi connectivity index (χ1) is 11.8. The van der Waals surface area contributed by atoms with E-state index in [1.165, 1.54) is 11.3 Å². The van der Waals surface area contributed by atoms with Crippen LogP contribution in [0.25, 0.3) is 10.2 Å². The average molecular weight is 378 g/mol. The Labute approximate surface area is 155 Å². The number of aromatic nitrogens is 2. The molecule has 0 atom stereocenters. The van der Waals surface area contributed by atoms with Crippen molar-refractivity contribution in [3.05, 3.63) is 39.9 Å². The predicted octanol–water partition coefficient (Wildman–Crippen LogP) is 4.88. The molecule has 3 aromatic rings. The number of carbonyl (C=O) groups excluding carboxylic acids is 1. The molecule has 0 aliphatic carbocycles. The minimum atomic E-state index is -0.160. The maximum absolute atomic E-state index is 12.5. The summed E-state index contributed by atoms with van der Waals surface area (Å²) in [4.78, 5) is 14.1. The van der Waals surface area contributed by atoms with Crippen molar-refractivity contribution in [1.29, 1.82) is 0 Å². The molecule has 0 saturated carbocycles. The van der Waals surface area contributed by atoms with Gasteiger partial charge < -0.3 is 10.1 Å². The summed E-state index contributed by atoms with van der Waals surface area (Å²) < 4.78 is 7.44. The topological polar surface area (TPSA) is 56.2 Å². The number of amides is 1. The van der Waals surface area contributed by atoms with E-state index in [9.17, 15) is 4.79 Å². The highest BCUT2D eigenvalue weighted by Crippen LogP contribution is 2.30. The number of anilines is 1. The van der Waals surface area contributed by atoms with Gasteiger partial charge >= 0.3 is 0 Å². The Balaban J connectivity index is 1.75. The molecular formula is C18H20ClN3O2S. The molecule has 0 bridgehead atoms. The molecule has 25 heavy (non-hydrogen) atoms.